The molecule has 1 rings (SSSR count). The predicted molar refractivity (Wildman–Crippen MR) is 44.6 cm³/mol. The van der Waals surface area contributed by atoms with E-state index in [0.29, 0.717) is 11.4 Å². The van der Waals surface area contributed by atoms with Crippen molar-refractivity contribution in [2.24, 2.45) is 5.73 Å². The average molecular weight is 187 g/mol. The van der Waals surface area contributed by atoms with Crippen LogP contribution in [0.25, 0.3) is 0 Å². The Labute approximate surface area is 75.0 Å². The Morgan fingerprint density at radius 1 is 1.38 bits per heavy atom. The molecular formula is C8H11F2N3. The number of halogens is 2. The number of nitrogens with zero attached hydrogens (tertiary/aromatic N) is 2. The van der Waals surface area contributed by atoms with Gasteiger partial charge in [0.1, 0.15) is 0 Å². The summed E-state index contributed by atoms with van der Waals surface area (Å²) in [6.07, 6.45) is 0.381. The second-order valence-electron chi connectivity index (χ2n) is 2.70. The highest BCUT2D eigenvalue weighted by Crippen LogP contribution is 2.21. The molecule has 72 valence electrons. The summed E-state index contributed by atoms with van der Waals surface area (Å²) in [5.41, 5.74) is 6.03. The van der Waals surface area contributed by atoms with E-state index in [1.807, 2.05) is 0 Å². The van der Waals surface area contributed by atoms with Crippen LogP contribution in [0.4, 0.5) is 8.78 Å². The van der Waals surface area contributed by atoms with Gasteiger partial charge in [0.25, 0.3) is 0 Å². The summed E-state index contributed by atoms with van der Waals surface area (Å²) in [6.45, 7) is 1.53. The van der Waals surface area contributed by atoms with E-state index in [4.69, 9.17) is 5.73 Å². The van der Waals surface area contributed by atoms with Gasteiger partial charge in [-0.25, -0.2) is 8.78 Å². The number of aryl methyl sites for hydroxylation is 1. The van der Waals surface area contributed by atoms with Crippen LogP contribution in [0.15, 0.2) is 12.4 Å². The van der Waals surface area contributed by atoms with Gasteiger partial charge in [0.15, 0.2) is 0 Å². The summed E-state index contributed by atoms with van der Waals surface area (Å²) in [4.78, 5) is 7.73. The molecule has 0 saturated heterocycles. The lowest BCUT2D eigenvalue weighted by molar-refractivity contribution is 0.115. The zero-order chi connectivity index (χ0) is 9.84. The molecule has 3 nitrogen and oxygen atoms in total. The molecule has 1 aromatic rings. The number of nitrogens with two attached hydrogens (primary N) is 1. The summed E-state index contributed by atoms with van der Waals surface area (Å²) in [5.74, 6) is -1.01. The van der Waals surface area contributed by atoms with Crippen LogP contribution in [0.1, 0.15) is 17.3 Å². The molecule has 0 aliphatic carbocycles. The molecule has 0 spiro atoms. The second kappa shape index (κ2) is 4.23. The normalized spacial score (nSPS) is 13.3. The third-order valence-electron chi connectivity index (χ3n) is 1.83. The summed E-state index contributed by atoms with van der Waals surface area (Å²) in [6, 6.07) is 0. The molecule has 1 aromatic heterocycles. The molecule has 13 heavy (non-hydrogen) atoms. The zero-order valence-electron chi connectivity index (χ0n) is 7.24. The zero-order valence-corrected chi connectivity index (χ0v) is 7.24. The molecule has 0 aliphatic heterocycles. The Kier molecular flexibility index (Phi) is 3.25. The minimum Gasteiger partial charge on any atom is -0.330 e. The number of aromatic nitrogens is 2. The fourth-order valence-corrected chi connectivity index (χ4v) is 1.12. The fourth-order valence-electron chi connectivity index (χ4n) is 1.12. The van der Waals surface area contributed by atoms with Crippen molar-refractivity contribution in [2.45, 2.75) is 19.3 Å². The van der Waals surface area contributed by atoms with Crippen LogP contribution in [-0.4, -0.2) is 22.9 Å². The smallest absolute Gasteiger partial charge is 0.248 e. The highest BCUT2D eigenvalue weighted by Gasteiger charge is 2.23. The number of alkyl halides is 2. The van der Waals surface area contributed by atoms with Gasteiger partial charge in [-0.15, -0.1) is 0 Å². The van der Waals surface area contributed by atoms with Gasteiger partial charge >= 0.3 is 0 Å². The van der Waals surface area contributed by atoms with Gasteiger partial charge in [-0.1, -0.05) is 0 Å². The average Bonchev–Trinajstić information content (AvgIpc) is 2.09. The van der Waals surface area contributed by atoms with Gasteiger partial charge in [-0.05, 0) is 6.92 Å². The first-order valence-electron chi connectivity index (χ1n) is 3.92. The van der Waals surface area contributed by atoms with E-state index in [1.54, 1.807) is 6.92 Å². The van der Waals surface area contributed by atoms with E-state index in [2.05, 4.69) is 9.97 Å². The Hall–Kier alpha value is -1.10. The summed E-state index contributed by atoms with van der Waals surface area (Å²) < 4.78 is 24.8. The van der Waals surface area contributed by atoms with Crippen molar-refractivity contribution < 1.29 is 8.78 Å². The molecule has 1 atom stereocenters. The van der Waals surface area contributed by atoms with Crippen molar-refractivity contribution in [2.75, 3.05) is 6.54 Å². The van der Waals surface area contributed by atoms with Crippen LogP contribution in [0.3, 0.4) is 0 Å². The van der Waals surface area contributed by atoms with Crippen molar-refractivity contribution >= 4 is 0 Å². The molecule has 0 radical (unpaired) electrons. The Morgan fingerprint density at radius 2 is 2.00 bits per heavy atom. The lowest BCUT2D eigenvalue weighted by Crippen LogP contribution is -2.22. The third kappa shape index (κ3) is 2.18. The predicted octanol–water partition coefficient (Wildman–Crippen LogP) is 1.09. The highest BCUT2D eigenvalue weighted by molar-refractivity contribution is 5.15. The minimum atomic E-state index is -2.49. The first-order chi connectivity index (χ1) is 6.16. The Morgan fingerprint density at radius 3 is 2.46 bits per heavy atom. The van der Waals surface area contributed by atoms with Crippen LogP contribution < -0.4 is 5.73 Å². The topological polar surface area (TPSA) is 51.8 Å². The fraction of sp³-hybridized carbons (Fsp3) is 0.500. The van der Waals surface area contributed by atoms with E-state index in [9.17, 15) is 8.78 Å². The molecule has 0 fully saturated rings. The second-order valence-corrected chi connectivity index (χ2v) is 2.70. The molecule has 5 heteroatoms. The maximum Gasteiger partial charge on any atom is 0.248 e. The molecule has 0 aromatic carbocycles. The lowest BCUT2D eigenvalue weighted by atomic mass is 10.0. The Balaban J connectivity index is 2.97. The number of hydrogen-bond acceptors (Lipinski definition) is 3. The van der Waals surface area contributed by atoms with Crippen molar-refractivity contribution in [3.63, 3.8) is 0 Å². The summed E-state index contributed by atoms with van der Waals surface area (Å²) in [7, 11) is 0. The van der Waals surface area contributed by atoms with Crippen molar-refractivity contribution in [1.82, 2.24) is 9.97 Å². The van der Waals surface area contributed by atoms with Gasteiger partial charge in [0, 0.05) is 18.9 Å². The van der Waals surface area contributed by atoms with Crippen LogP contribution in [0.2, 0.25) is 0 Å². The van der Waals surface area contributed by atoms with Crippen molar-refractivity contribution in [3.8, 4) is 0 Å². The standard InChI is InChI=1S/C8H11F2N3/c1-5-7(13-3-2-12-5)6(4-11)8(9)10/h2-3,6,8H,4,11H2,1H3. The molecule has 0 amide bonds. The number of hydrogen-bond donors (Lipinski definition) is 1. The van der Waals surface area contributed by atoms with Crippen molar-refractivity contribution in [1.29, 1.82) is 0 Å². The first kappa shape index (κ1) is 9.98. The maximum atomic E-state index is 12.4. The maximum absolute atomic E-state index is 12.4. The van der Waals surface area contributed by atoms with Gasteiger partial charge in [-0.3, -0.25) is 9.97 Å². The van der Waals surface area contributed by atoms with E-state index in [1.165, 1.54) is 12.4 Å². The van der Waals surface area contributed by atoms with Gasteiger partial charge in [-0.2, -0.15) is 0 Å². The van der Waals surface area contributed by atoms with Crippen LogP contribution >= 0.6 is 0 Å². The quantitative estimate of drug-likeness (QED) is 0.770. The molecule has 0 bridgehead atoms. The van der Waals surface area contributed by atoms with Crippen molar-refractivity contribution in [3.05, 3.63) is 23.8 Å². The molecular weight excluding hydrogens is 176 g/mol. The molecule has 1 unspecified atom stereocenters. The third-order valence-corrected chi connectivity index (χ3v) is 1.83. The van der Waals surface area contributed by atoms with E-state index in [-0.39, 0.29) is 6.54 Å². The number of rotatable bonds is 3. The molecule has 2 N–H and O–H groups in total. The molecule has 0 aliphatic rings. The monoisotopic (exact) mass is 187 g/mol. The van der Waals surface area contributed by atoms with Crippen LogP contribution in [-0.2, 0) is 0 Å². The van der Waals surface area contributed by atoms with Crippen LogP contribution in [0, 0.1) is 6.92 Å². The highest BCUT2D eigenvalue weighted by atomic mass is 19.3. The van der Waals surface area contributed by atoms with Gasteiger partial charge in [0.05, 0.1) is 17.3 Å². The van der Waals surface area contributed by atoms with E-state index in [0.717, 1.165) is 0 Å². The largest absolute Gasteiger partial charge is 0.330 e. The Bertz CT molecular complexity index is 278. The summed E-state index contributed by atoms with van der Waals surface area (Å²) >= 11 is 0. The molecule has 0 saturated carbocycles. The van der Waals surface area contributed by atoms with Gasteiger partial charge < -0.3 is 5.73 Å². The first-order valence-corrected chi connectivity index (χ1v) is 3.92. The molecule has 1 heterocycles. The SMILES string of the molecule is Cc1nccnc1C(CN)C(F)F. The summed E-state index contributed by atoms with van der Waals surface area (Å²) in [5, 5.41) is 0. The lowest BCUT2D eigenvalue weighted by Gasteiger charge is -2.13. The van der Waals surface area contributed by atoms with E-state index >= 15 is 0 Å². The minimum absolute atomic E-state index is 0.114. The van der Waals surface area contributed by atoms with E-state index < -0.39 is 12.3 Å². The van der Waals surface area contributed by atoms with Crippen LogP contribution in [0.5, 0.6) is 0 Å². The van der Waals surface area contributed by atoms with Gasteiger partial charge in [0.2, 0.25) is 6.43 Å².